The summed E-state index contributed by atoms with van der Waals surface area (Å²) >= 11 is 0. The second kappa shape index (κ2) is 5.49. The quantitative estimate of drug-likeness (QED) is 0.857. The van der Waals surface area contributed by atoms with Gasteiger partial charge in [0.2, 0.25) is 5.89 Å². The highest BCUT2D eigenvalue weighted by molar-refractivity contribution is 6.21. The molecule has 2 heterocycles. The first kappa shape index (κ1) is 16.0. The summed E-state index contributed by atoms with van der Waals surface area (Å²) < 4.78 is 5.43. The minimum atomic E-state index is -0.614. The Morgan fingerprint density at radius 3 is 2.24 bits per heavy atom. The lowest BCUT2D eigenvalue weighted by atomic mass is 9.77. The fourth-order valence-electron chi connectivity index (χ4n) is 3.49. The van der Waals surface area contributed by atoms with Crippen LogP contribution in [0, 0.1) is 5.92 Å². The third-order valence-corrected chi connectivity index (χ3v) is 5.12. The molecule has 2 aromatic rings. The van der Waals surface area contributed by atoms with Gasteiger partial charge in [0.25, 0.3) is 11.8 Å². The maximum Gasteiger partial charge on any atom is 0.262 e. The first-order chi connectivity index (χ1) is 11.9. The number of imide groups is 1. The van der Waals surface area contributed by atoms with Crippen molar-refractivity contribution in [3.8, 4) is 0 Å². The van der Waals surface area contributed by atoms with Crippen LogP contribution >= 0.6 is 0 Å². The molecule has 1 fully saturated rings. The monoisotopic (exact) mass is 340 g/mol. The number of hydrogen-bond acceptors (Lipinski definition) is 6. The molecular formula is C18H20N4O3. The summed E-state index contributed by atoms with van der Waals surface area (Å²) in [6, 6.07) is 6.21. The van der Waals surface area contributed by atoms with Crippen LogP contribution in [0.1, 0.15) is 71.6 Å². The molecule has 2 amide bonds. The predicted octanol–water partition coefficient (Wildman–Crippen LogP) is 2.40. The molecule has 130 valence electrons. The van der Waals surface area contributed by atoms with E-state index >= 15 is 0 Å². The van der Waals surface area contributed by atoms with E-state index in [4.69, 9.17) is 10.3 Å². The molecule has 0 bridgehead atoms. The Morgan fingerprint density at radius 1 is 1.16 bits per heavy atom. The molecule has 1 aromatic carbocycles. The van der Waals surface area contributed by atoms with Crippen molar-refractivity contribution in [3.05, 3.63) is 47.1 Å². The Bertz CT molecular complexity index is 819. The van der Waals surface area contributed by atoms with E-state index in [1.54, 1.807) is 24.3 Å². The summed E-state index contributed by atoms with van der Waals surface area (Å²) in [5.41, 5.74) is 6.53. The van der Waals surface area contributed by atoms with Crippen molar-refractivity contribution in [1.29, 1.82) is 0 Å². The van der Waals surface area contributed by atoms with E-state index < -0.39 is 11.6 Å². The Kier molecular flexibility index (Phi) is 3.50. The van der Waals surface area contributed by atoms with Crippen LogP contribution in [0.2, 0.25) is 0 Å². The lowest BCUT2D eigenvalue weighted by Crippen LogP contribution is -2.44. The molecule has 4 rings (SSSR count). The van der Waals surface area contributed by atoms with E-state index in [0.717, 1.165) is 19.3 Å². The van der Waals surface area contributed by atoms with Crippen molar-refractivity contribution in [1.82, 2.24) is 15.0 Å². The summed E-state index contributed by atoms with van der Waals surface area (Å²) in [5.74, 6) is -0.0202. The van der Waals surface area contributed by atoms with Crippen molar-refractivity contribution in [3.63, 3.8) is 0 Å². The van der Waals surface area contributed by atoms with Gasteiger partial charge in [0.1, 0.15) is 6.04 Å². The number of aromatic nitrogens is 2. The van der Waals surface area contributed by atoms with Gasteiger partial charge in [-0.15, -0.1) is 0 Å². The fourth-order valence-corrected chi connectivity index (χ4v) is 3.49. The smallest absolute Gasteiger partial charge is 0.262 e. The molecule has 1 unspecified atom stereocenters. The molecule has 2 N–H and O–H groups in total. The van der Waals surface area contributed by atoms with Crippen LogP contribution in [-0.4, -0.2) is 26.9 Å². The molecule has 7 nitrogen and oxygen atoms in total. The standard InChI is InChI=1S/C18H20N4O3/c1-10(2)13(14-20-17(21-25-14)18(19)8-5-9-18)22-15(23)11-6-3-4-7-12(11)16(22)24/h3-4,6-7,10,13H,5,8-9,19H2,1-2H3. The van der Waals surface area contributed by atoms with E-state index in [0.29, 0.717) is 17.0 Å². The zero-order chi connectivity index (χ0) is 17.8. The van der Waals surface area contributed by atoms with Crippen LogP contribution in [0.3, 0.4) is 0 Å². The SMILES string of the molecule is CC(C)C(c1nc(C2(N)CCC2)no1)N1C(=O)c2ccccc2C1=O. The molecule has 25 heavy (non-hydrogen) atoms. The lowest BCUT2D eigenvalue weighted by molar-refractivity contribution is 0.0497. The van der Waals surface area contributed by atoms with Gasteiger partial charge in [-0.2, -0.15) is 4.98 Å². The van der Waals surface area contributed by atoms with Gasteiger partial charge in [0.15, 0.2) is 5.82 Å². The van der Waals surface area contributed by atoms with E-state index in [-0.39, 0.29) is 23.6 Å². The molecule has 1 atom stereocenters. The summed E-state index contributed by atoms with van der Waals surface area (Å²) in [6.45, 7) is 3.83. The van der Waals surface area contributed by atoms with Crippen molar-refractivity contribution >= 4 is 11.8 Å². The highest BCUT2D eigenvalue weighted by Gasteiger charge is 2.45. The second-order valence-electron chi connectivity index (χ2n) is 7.18. The Morgan fingerprint density at radius 2 is 1.76 bits per heavy atom. The molecule has 1 aliphatic heterocycles. The molecule has 0 spiro atoms. The number of benzene rings is 1. The second-order valence-corrected chi connectivity index (χ2v) is 7.18. The van der Waals surface area contributed by atoms with Gasteiger partial charge >= 0.3 is 0 Å². The first-order valence-electron chi connectivity index (χ1n) is 8.52. The van der Waals surface area contributed by atoms with Crippen LogP contribution in [0.15, 0.2) is 28.8 Å². The Balaban J connectivity index is 1.72. The van der Waals surface area contributed by atoms with Crippen molar-refractivity contribution in [2.45, 2.75) is 44.7 Å². The Hall–Kier alpha value is -2.54. The number of rotatable bonds is 4. The molecule has 2 aliphatic rings. The van der Waals surface area contributed by atoms with Crippen molar-refractivity contribution in [2.75, 3.05) is 0 Å². The van der Waals surface area contributed by atoms with Gasteiger partial charge < -0.3 is 10.3 Å². The van der Waals surface area contributed by atoms with Crippen molar-refractivity contribution < 1.29 is 14.1 Å². The molecule has 7 heteroatoms. The van der Waals surface area contributed by atoms with Crippen molar-refractivity contribution in [2.24, 2.45) is 11.7 Å². The summed E-state index contributed by atoms with van der Waals surface area (Å²) in [7, 11) is 0. The average molecular weight is 340 g/mol. The number of hydrogen-bond donors (Lipinski definition) is 1. The highest BCUT2D eigenvalue weighted by Crippen LogP contribution is 2.39. The van der Waals surface area contributed by atoms with Gasteiger partial charge in [-0.05, 0) is 37.3 Å². The number of amides is 2. The van der Waals surface area contributed by atoms with Crippen LogP contribution in [-0.2, 0) is 5.54 Å². The van der Waals surface area contributed by atoms with E-state index in [1.165, 1.54) is 4.90 Å². The van der Waals surface area contributed by atoms with E-state index in [1.807, 2.05) is 13.8 Å². The largest absolute Gasteiger partial charge is 0.337 e. The number of fused-ring (bicyclic) bond motifs is 1. The summed E-state index contributed by atoms with van der Waals surface area (Å²) in [6.07, 6.45) is 2.66. The zero-order valence-electron chi connectivity index (χ0n) is 14.2. The van der Waals surface area contributed by atoms with E-state index in [9.17, 15) is 9.59 Å². The third-order valence-electron chi connectivity index (χ3n) is 5.12. The number of nitrogens with two attached hydrogens (primary N) is 1. The fraction of sp³-hybridized carbons (Fsp3) is 0.444. The first-order valence-corrected chi connectivity index (χ1v) is 8.52. The van der Waals surface area contributed by atoms with Gasteiger partial charge in [-0.1, -0.05) is 31.1 Å². The maximum absolute atomic E-state index is 12.8. The highest BCUT2D eigenvalue weighted by atomic mass is 16.5. The number of carbonyl (C=O) groups excluding carboxylic acids is 2. The normalized spacial score (nSPS) is 19.9. The topological polar surface area (TPSA) is 102 Å². The number of carbonyl (C=O) groups is 2. The van der Waals surface area contributed by atoms with Gasteiger partial charge in [0, 0.05) is 0 Å². The van der Waals surface area contributed by atoms with Gasteiger partial charge in [-0.3, -0.25) is 14.5 Å². The third kappa shape index (κ3) is 2.30. The van der Waals surface area contributed by atoms with Crippen LogP contribution in [0.5, 0.6) is 0 Å². The van der Waals surface area contributed by atoms with Gasteiger partial charge in [0.05, 0.1) is 16.7 Å². The predicted molar refractivity (Wildman–Crippen MR) is 88.5 cm³/mol. The van der Waals surface area contributed by atoms with Crippen LogP contribution in [0.25, 0.3) is 0 Å². The molecule has 0 saturated heterocycles. The van der Waals surface area contributed by atoms with E-state index in [2.05, 4.69) is 10.1 Å². The summed E-state index contributed by atoms with van der Waals surface area (Å²) in [5, 5.41) is 4.02. The molecule has 1 saturated carbocycles. The van der Waals surface area contributed by atoms with Gasteiger partial charge in [-0.25, -0.2) is 0 Å². The Labute approximate surface area is 145 Å². The minimum Gasteiger partial charge on any atom is -0.337 e. The van der Waals surface area contributed by atoms with Crippen LogP contribution < -0.4 is 5.73 Å². The molecule has 1 aromatic heterocycles. The minimum absolute atomic E-state index is 0.0781. The lowest BCUT2D eigenvalue weighted by Gasteiger charge is -2.34. The molecule has 1 aliphatic carbocycles. The summed E-state index contributed by atoms with van der Waals surface area (Å²) in [4.78, 5) is 31.3. The molecular weight excluding hydrogens is 320 g/mol. The maximum atomic E-state index is 12.8. The molecule has 0 radical (unpaired) electrons. The average Bonchev–Trinajstić information content (AvgIpc) is 3.13. The van der Waals surface area contributed by atoms with Crippen LogP contribution in [0.4, 0.5) is 0 Å². The zero-order valence-corrected chi connectivity index (χ0v) is 14.2. The number of nitrogens with zero attached hydrogens (tertiary/aromatic N) is 3.